The van der Waals surface area contributed by atoms with Crippen molar-refractivity contribution in [3.05, 3.63) is 95.6 Å². The average Bonchev–Trinajstić information content (AvgIpc) is 2.83. The number of hydrogen-bond donors (Lipinski definition) is 0. The summed E-state index contributed by atoms with van der Waals surface area (Å²) in [5.74, 6) is 0.398. The topological polar surface area (TPSA) is 49.9 Å². The number of rotatable bonds is 6. The summed E-state index contributed by atoms with van der Waals surface area (Å²) in [5, 5.41) is 0. The molecule has 0 radical (unpaired) electrons. The van der Waals surface area contributed by atoms with Crippen LogP contribution in [0, 0.1) is 0 Å². The molecule has 0 atom stereocenters. The Morgan fingerprint density at radius 3 is 2.20 bits per heavy atom. The zero-order chi connectivity index (χ0) is 20.8. The number of ether oxygens (including phenoxy) is 1. The van der Waals surface area contributed by atoms with Gasteiger partial charge in [0.2, 0.25) is 0 Å². The van der Waals surface area contributed by atoms with E-state index in [9.17, 15) is 9.59 Å². The molecule has 0 unspecified atom stereocenters. The molecular formula is C25H24N2O3. The van der Waals surface area contributed by atoms with Crippen LogP contribution in [-0.2, 0) is 6.61 Å². The monoisotopic (exact) mass is 400 g/mol. The van der Waals surface area contributed by atoms with Crippen molar-refractivity contribution in [1.82, 2.24) is 4.90 Å². The van der Waals surface area contributed by atoms with Crippen molar-refractivity contribution in [2.75, 3.05) is 31.1 Å². The van der Waals surface area contributed by atoms with Crippen molar-refractivity contribution in [2.45, 2.75) is 6.61 Å². The molecule has 0 aromatic heterocycles. The lowest BCUT2D eigenvalue weighted by molar-refractivity contribution is 0.0742. The van der Waals surface area contributed by atoms with Crippen molar-refractivity contribution < 1.29 is 14.3 Å². The SMILES string of the molecule is O=Cc1ccc(OCc2ccccc2)c(C(=O)N2CCN(c3ccccc3)CC2)c1. The molecule has 0 spiro atoms. The minimum Gasteiger partial charge on any atom is -0.488 e. The molecule has 1 heterocycles. The number of aldehydes is 1. The number of benzene rings is 3. The molecule has 1 aliphatic rings. The van der Waals surface area contributed by atoms with Crippen molar-refractivity contribution in [3.63, 3.8) is 0 Å². The smallest absolute Gasteiger partial charge is 0.257 e. The summed E-state index contributed by atoms with van der Waals surface area (Å²) >= 11 is 0. The van der Waals surface area contributed by atoms with Gasteiger partial charge in [0.05, 0.1) is 5.56 Å². The Morgan fingerprint density at radius 2 is 1.53 bits per heavy atom. The van der Waals surface area contributed by atoms with Crippen LogP contribution >= 0.6 is 0 Å². The van der Waals surface area contributed by atoms with Crippen LogP contribution in [0.5, 0.6) is 5.75 Å². The van der Waals surface area contributed by atoms with Gasteiger partial charge in [-0.3, -0.25) is 9.59 Å². The Balaban J connectivity index is 1.48. The van der Waals surface area contributed by atoms with Gasteiger partial charge in [-0.2, -0.15) is 0 Å². The molecule has 5 heteroatoms. The summed E-state index contributed by atoms with van der Waals surface area (Å²) in [6.07, 6.45) is 0.755. The number of carbonyl (C=O) groups is 2. The molecule has 1 saturated heterocycles. The summed E-state index contributed by atoms with van der Waals surface area (Å²) in [6.45, 7) is 3.14. The fourth-order valence-corrected chi connectivity index (χ4v) is 3.63. The minimum absolute atomic E-state index is 0.102. The molecular weight excluding hydrogens is 376 g/mol. The molecule has 1 fully saturated rings. The van der Waals surface area contributed by atoms with E-state index < -0.39 is 0 Å². The van der Waals surface area contributed by atoms with Crippen LogP contribution in [0.1, 0.15) is 26.3 Å². The molecule has 0 bridgehead atoms. The first-order chi connectivity index (χ1) is 14.7. The Bertz CT molecular complexity index is 997. The Hall–Kier alpha value is -3.60. The molecule has 3 aromatic rings. The van der Waals surface area contributed by atoms with Crippen molar-refractivity contribution >= 4 is 17.9 Å². The van der Waals surface area contributed by atoms with Gasteiger partial charge in [-0.05, 0) is 35.9 Å². The molecule has 5 nitrogen and oxygen atoms in total. The predicted octanol–water partition coefficient (Wildman–Crippen LogP) is 4.04. The van der Waals surface area contributed by atoms with E-state index in [1.165, 1.54) is 5.69 Å². The van der Waals surface area contributed by atoms with E-state index in [-0.39, 0.29) is 5.91 Å². The summed E-state index contributed by atoms with van der Waals surface area (Å²) in [5.41, 5.74) is 3.09. The highest BCUT2D eigenvalue weighted by molar-refractivity contribution is 5.98. The lowest BCUT2D eigenvalue weighted by Gasteiger charge is -2.36. The Morgan fingerprint density at radius 1 is 0.867 bits per heavy atom. The van der Waals surface area contributed by atoms with Gasteiger partial charge in [-0.15, -0.1) is 0 Å². The number of piperazine rings is 1. The number of para-hydroxylation sites is 1. The van der Waals surface area contributed by atoms with Crippen LogP contribution in [0.3, 0.4) is 0 Å². The number of carbonyl (C=O) groups excluding carboxylic acids is 2. The maximum absolute atomic E-state index is 13.3. The van der Waals surface area contributed by atoms with E-state index in [1.54, 1.807) is 18.2 Å². The van der Waals surface area contributed by atoms with Gasteiger partial charge < -0.3 is 14.5 Å². The maximum atomic E-state index is 13.3. The first kappa shape index (κ1) is 19.7. The first-order valence-electron chi connectivity index (χ1n) is 10.1. The molecule has 0 aliphatic carbocycles. The Kier molecular flexibility index (Phi) is 6.09. The van der Waals surface area contributed by atoms with E-state index in [1.807, 2.05) is 53.4 Å². The number of hydrogen-bond acceptors (Lipinski definition) is 4. The molecule has 3 aromatic carbocycles. The third-order valence-corrected chi connectivity index (χ3v) is 5.30. The van der Waals surface area contributed by atoms with Crippen LogP contribution in [0.2, 0.25) is 0 Å². The zero-order valence-corrected chi connectivity index (χ0v) is 16.7. The number of amides is 1. The molecule has 0 N–H and O–H groups in total. The summed E-state index contributed by atoms with van der Waals surface area (Å²) < 4.78 is 5.95. The van der Waals surface area contributed by atoms with Gasteiger partial charge in [0.25, 0.3) is 5.91 Å². The number of anilines is 1. The van der Waals surface area contributed by atoms with Gasteiger partial charge in [0, 0.05) is 37.4 Å². The standard InChI is InChI=1S/C25H24N2O3/c28-18-21-11-12-24(30-19-20-7-3-1-4-8-20)23(17-21)25(29)27-15-13-26(14-16-27)22-9-5-2-6-10-22/h1-12,17-18H,13-16,19H2. The first-order valence-corrected chi connectivity index (χ1v) is 10.1. The van der Waals surface area contributed by atoms with Gasteiger partial charge >= 0.3 is 0 Å². The fraction of sp³-hybridized carbons (Fsp3) is 0.200. The molecule has 1 amide bonds. The summed E-state index contributed by atoms with van der Waals surface area (Å²) in [6, 6.07) is 25.0. The zero-order valence-electron chi connectivity index (χ0n) is 16.7. The third kappa shape index (κ3) is 4.51. The second kappa shape index (κ2) is 9.27. The fourth-order valence-electron chi connectivity index (χ4n) is 3.63. The molecule has 30 heavy (non-hydrogen) atoms. The summed E-state index contributed by atoms with van der Waals surface area (Å²) in [4.78, 5) is 28.6. The van der Waals surface area contributed by atoms with Crippen LogP contribution in [0.15, 0.2) is 78.9 Å². The highest BCUT2D eigenvalue weighted by Crippen LogP contribution is 2.24. The maximum Gasteiger partial charge on any atom is 0.257 e. The normalized spacial score (nSPS) is 13.7. The van der Waals surface area contributed by atoms with E-state index in [0.717, 1.165) is 24.9 Å². The van der Waals surface area contributed by atoms with Crippen molar-refractivity contribution in [3.8, 4) is 5.75 Å². The number of nitrogens with zero attached hydrogens (tertiary/aromatic N) is 2. The lowest BCUT2D eigenvalue weighted by Crippen LogP contribution is -2.48. The van der Waals surface area contributed by atoms with Crippen molar-refractivity contribution in [2.24, 2.45) is 0 Å². The molecule has 0 saturated carbocycles. The highest BCUT2D eigenvalue weighted by Gasteiger charge is 2.25. The van der Waals surface area contributed by atoms with Gasteiger partial charge in [0.1, 0.15) is 18.6 Å². The quantitative estimate of drug-likeness (QED) is 0.586. The van der Waals surface area contributed by atoms with E-state index in [2.05, 4.69) is 17.0 Å². The summed E-state index contributed by atoms with van der Waals surface area (Å²) in [7, 11) is 0. The third-order valence-electron chi connectivity index (χ3n) is 5.30. The van der Waals surface area contributed by atoms with E-state index in [0.29, 0.717) is 36.6 Å². The van der Waals surface area contributed by atoms with E-state index >= 15 is 0 Å². The van der Waals surface area contributed by atoms with Crippen LogP contribution in [0.25, 0.3) is 0 Å². The van der Waals surface area contributed by atoms with Gasteiger partial charge in [0.15, 0.2) is 0 Å². The van der Waals surface area contributed by atoms with Crippen LogP contribution in [0.4, 0.5) is 5.69 Å². The van der Waals surface area contributed by atoms with Crippen LogP contribution < -0.4 is 9.64 Å². The van der Waals surface area contributed by atoms with E-state index in [4.69, 9.17) is 4.74 Å². The predicted molar refractivity (Wildman–Crippen MR) is 117 cm³/mol. The van der Waals surface area contributed by atoms with Gasteiger partial charge in [-0.25, -0.2) is 0 Å². The average molecular weight is 400 g/mol. The largest absolute Gasteiger partial charge is 0.488 e. The lowest BCUT2D eigenvalue weighted by atomic mass is 10.1. The Labute approximate surface area is 176 Å². The van der Waals surface area contributed by atoms with Crippen molar-refractivity contribution in [1.29, 1.82) is 0 Å². The highest BCUT2D eigenvalue weighted by atomic mass is 16.5. The molecule has 152 valence electrons. The van der Waals surface area contributed by atoms with Gasteiger partial charge in [-0.1, -0.05) is 48.5 Å². The molecule has 1 aliphatic heterocycles. The second-order valence-corrected chi connectivity index (χ2v) is 7.26. The van der Waals surface area contributed by atoms with Crippen LogP contribution in [-0.4, -0.2) is 43.3 Å². The minimum atomic E-state index is -0.102. The molecule has 4 rings (SSSR count). The second-order valence-electron chi connectivity index (χ2n) is 7.26.